The van der Waals surface area contributed by atoms with Crippen LogP contribution in [0.1, 0.15) is 32.4 Å². The number of carbonyl (C=O) groups is 2. The van der Waals surface area contributed by atoms with Gasteiger partial charge in [-0.3, -0.25) is 0 Å². The Morgan fingerprint density at radius 2 is 1.71 bits per heavy atom. The number of amides is 1. The van der Waals surface area contributed by atoms with Crippen molar-refractivity contribution in [3.63, 3.8) is 0 Å². The molecule has 0 aliphatic heterocycles. The number of aliphatic hydroxyl groups is 1. The van der Waals surface area contributed by atoms with E-state index in [1.807, 2.05) is 30.3 Å². The lowest BCUT2D eigenvalue weighted by Crippen LogP contribution is -2.42. The topological polar surface area (TPSA) is 95.9 Å². The Bertz CT molecular complexity index is 745. The Kier molecular flexibility index (Phi) is 5.09. The molecule has 6 heteroatoms. The number of hydrogen-bond donors (Lipinski definition) is 3. The predicted molar refractivity (Wildman–Crippen MR) is 89.7 cm³/mol. The number of nitrogens with one attached hydrogen (secondary N) is 1. The van der Waals surface area contributed by atoms with Gasteiger partial charge in [0.25, 0.3) is 0 Å². The Labute approximate surface area is 140 Å². The third-order valence-corrected chi connectivity index (χ3v) is 3.40. The van der Waals surface area contributed by atoms with Crippen LogP contribution in [-0.4, -0.2) is 34.0 Å². The zero-order chi connectivity index (χ0) is 17.9. The Hall–Kier alpha value is -2.60. The first-order chi connectivity index (χ1) is 11.2. The largest absolute Gasteiger partial charge is 0.479 e. The van der Waals surface area contributed by atoms with Crippen LogP contribution in [0.3, 0.4) is 0 Å². The Balaban J connectivity index is 2.42. The molecule has 6 nitrogen and oxygen atoms in total. The van der Waals surface area contributed by atoms with Crippen LogP contribution in [0, 0.1) is 0 Å². The zero-order valence-electron chi connectivity index (χ0n) is 13.8. The summed E-state index contributed by atoms with van der Waals surface area (Å²) < 4.78 is 5.18. The lowest BCUT2D eigenvalue weighted by atomic mass is 9.95. The third-order valence-electron chi connectivity index (χ3n) is 3.40. The van der Waals surface area contributed by atoms with E-state index in [1.54, 1.807) is 32.9 Å². The normalized spacial score (nSPS) is 14.0. The van der Waals surface area contributed by atoms with E-state index < -0.39 is 29.8 Å². The van der Waals surface area contributed by atoms with Crippen molar-refractivity contribution in [2.75, 3.05) is 0 Å². The summed E-state index contributed by atoms with van der Waals surface area (Å²) in [5.41, 5.74) is -0.226. The summed E-state index contributed by atoms with van der Waals surface area (Å²) in [5, 5.41) is 23.4. The quantitative estimate of drug-likeness (QED) is 0.800. The van der Waals surface area contributed by atoms with Crippen LogP contribution in [0.25, 0.3) is 10.8 Å². The van der Waals surface area contributed by atoms with Gasteiger partial charge < -0.3 is 20.3 Å². The van der Waals surface area contributed by atoms with Crippen molar-refractivity contribution in [1.82, 2.24) is 5.32 Å². The maximum atomic E-state index is 12.1. The Morgan fingerprint density at radius 1 is 1.08 bits per heavy atom. The summed E-state index contributed by atoms with van der Waals surface area (Å²) in [6, 6.07) is 11.5. The Morgan fingerprint density at radius 3 is 2.33 bits per heavy atom. The number of aliphatic carboxylic acids is 1. The number of rotatable bonds is 4. The fourth-order valence-corrected chi connectivity index (χ4v) is 2.43. The second kappa shape index (κ2) is 6.88. The van der Waals surface area contributed by atoms with Crippen molar-refractivity contribution in [3.8, 4) is 0 Å². The fourth-order valence-electron chi connectivity index (χ4n) is 2.43. The molecule has 0 fully saturated rings. The number of alkyl carbamates (subject to hydrolysis) is 1. The van der Waals surface area contributed by atoms with Gasteiger partial charge in [0, 0.05) is 0 Å². The highest BCUT2D eigenvalue weighted by atomic mass is 16.6. The molecule has 2 aromatic carbocycles. The molecule has 0 aliphatic carbocycles. The van der Waals surface area contributed by atoms with Gasteiger partial charge in [0.1, 0.15) is 5.60 Å². The molecule has 0 saturated carbocycles. The number of carboxylic acid groups (broad SMARTS) is 1. The average molecular weight is 331 g/mol. The summed E-state index contributed by atoms with van der Waals surface area (Å²) in [5.74, 6) is -1.43. The minimum Gasteiger partial charge on any atom is -0.479 e. The van der Waals surface area contributed by atoms with Crippen molar-refractivity contribution in [3.05, 3.63) is 48.0 Å². The molecule has 0 radical (unpaired) electrons. The number of carbonyl (C=O) groups excluding carboxylic acids is 1. The van der Waals surface area contributed by atoms with Crippen LogP contribution in [-0.2, 0) is 9.53 Å². The molecular weight excluding hydrogens is 310 g/mol. The van der Waals surface area contributed by atoms with Gasteiger partial charge in [-0.2, -0.15) is 0 Å². The standard InChI is InChI=1S/C18H21NO5/c1-18(2,3)24-17(23)19-14(15(20)16(21)22)13-10-6-8-11-7-4-5-9-12(11)13/h4-10,14-15,20H,1-3H3,(H,19,23)(H,21,22)/t14-,15-/m0/s1. The third kappa shape index (κ3) is 4.23. The predicted octanol–water partition coefficient (Wildman–Crippen LogP) is 2.85. The molecule has 0 spiro atoms. The molecule has 0 heterocycles. The maximum absolute atomic E-state index is 12.1. The second-order valence-corrected chi connectivity index (χ2v) is 6.48. The lowest BCUT2D eigenvalue weighted by molar-refractivity contribution is -0.148. The average Bonchev–Trinajstić information content (AvgIpc) is 2.49. The van der Waals surface area contributed by atoms with Crippen molar-refractivity contribution in [2.24, 2.45) is 0 Å². The first-order valence-electron chi connectivity index (χ1n) is 7.57. The highest BCUT2D eigenvalue weighted by Gasteiger charge is 2.31. The van der Waals surface area contributed by atoms with Gasteiger partial charge in [-0.25, -0.2) is 9.59 Å². The number of carboxylic acids is 1. The van der Waals surface area contributed by atoms with E-state index in [9.17, 15) is 19.8 Å². The molecule has 3 N–H and O–H groups in total. The highest BCUT2D eigenvalue weighted by molar-refractivity contribution is 5.87. The van der Waals surface area contributed by atoms with E-state index in [1.165, 1.54) is 0 Å². The molecule has 24 heavy (non-hydrogen) atoms. The summed E-state index contributed by atoms with van der Waals surface area (Å²) in [6.45, 7) is 5.10. The number of hydrogen-bond acceptors (Lipinski definition) is 4. The number of benzene rings is 2. The van der Waals surface area contributed by atoms with Gasteiger partial charge in [-0.1, -0.05) is 42.5 Å². The van der Waals surface area contributed by atoms with E-state index in [0.29, 0.717) is 5.56 Å². The number of ether oxygens (including phenoxy) is 1. The molecule has 2 atom stereocenters. The maximum Gasteiger partial charge on any atom is 0.408 e. The molecule has 0 unspecified atom stereocenters. The van der Waals surface area contributed by atoms with E-state index in [4.69, 9.17) is 4.74 Å². The van der Waals surface area contributed by atoms with Gasteiger partial charge in [-0.15, -0.1) is 0 Å². The first kappa shape index (κ1) is 17.7. The van der Waals surface area contributed by atoms with Crippen LogP contribution in [0.5, 0.6) is 0 Å². The molecule has 2 aromatic rings. The molecule has 2 rings (SSSR count). The SMILES string of the molecule is CC(C)(C)OC(=O)N[C@@H](c1cccc2ccccc12)[C@H](O)C(=O)O. The van der Waals surface area contributed by atoms with E-state index in [-0.39, 0.29) is 0 Å². The van der Waals surface area contributed by atoms with Crippen LogP contribution < -0.4 is 5.32 Å². The minimum atomic E-state index is -1.80. The van der Waals surface area contributed by atoms with E-state index in [2.05, 4.69) is 5.32 Å². The van der Waals surface area contributed by atoms with Crippen LogP contribution in [0.4, 0.5) is 4.79 Å². The summed E-state index contributed by atoms with van der Waals surface area (Å²) >= 11 is 0. The molecule has 0 bridgehead atoms. The van der Waals surface area contributed by atoms with Gasteiger partial charge in [0.2, 0.25) is 0 Å². The molecule has 1 amide bonds. The summed E-state index contributed by atoms with van der Waals surface area (Å²) in [7, 11) is 0. The number of fused-ring (bicyclic) bond motifs is 1. The molecule has 0 aliphatic rings. The van der Waals surface area contributed by atoms with Gasteiger partial charge in [0.15, 0.2) is 6.10 Å². The molecule has 0 saturated heterocycles. The minimum absolute atomic E-state index is 0.508. The van der Waals surface area contributed by atoms with Crippen molar-refractivity contribution < 1.29 is 24.5 Å². The number of aliphatic hydroxyl groups excluding tert-OH is 1. The van der Waals surface area contributed by atoms with E-state index >= 15 is 0 Å². The second-order valence-electron chi connectivity index (χ2n) is 6.48. The van der Waals surface area contributed by atoms with Crippen molar-refractivity contribution in [1.29, 1.82) is 0 Å². The highest BCUT2D eigenvalue weighted by Crippen LogP contribution is 2.27. The summed E-state index contributed by atoms with van der Waals surface area (Å²) in [4.78, 5) is 23.3. The molecule has 0 aromatic heterocycles. The lowest BCUT2D eigenvalue weighted by Gasteiger charge is -2.26. The van der Waals surface area contributed by atoms with Crippen LogP contribution in [0.2, 0.25) is 0 Å². The van der Waals surface area contributed by atoms with Crippen molar-refractivity contribution in [2.45, 2.75) is 38.5 Å². The smallest absolute Gasteiger partial charge is 0.408 e. The van der Waals surface area contributed by atoms with Crippen LogP contribution >= 0.6 is 0 Å². The van der Waals surface area contributed by atoms with Crippen LogP contribution in [0.15, 0.2) is 42.5 Å². The van der Waals surface area contributed by atoms with Gasteiger partial charge in [-0.05, 0) is 37.1 Å². The molecular formula is C18H21NO5. The first-order valence-corrected chi connectivity index (χ1v) is 7.57. The van der Waals surface area contributed by atoms with Gasteiger partial charge in [0.05, 0.1) is 6.04 Å². The molecule has 128 valence electrons. The fraction of sp³-hybridized carbons (Fsp3) is 0.333. The summed E-state index contributed by atoms with van der Waals surface area (Å²) in [6.07, 6.45) is -2.59. The van der Waals surface area contributed by atoms with Gasteiger partial charge >= 0.3 is 12.1 Å². The zero-order valence-corrected chi connectivity index (χ0v) is 13.8. The van der Waals surface area contributed by atoms with E-state index in [0.717, 1.165) is 10.8 Å². The van der Waals surface area contributed by atoms with Crippen molar-refractivity contribution >= 4 is 22.8 Å². The monoisotopic (exact) mass is 331 g/mol.